The van der Waals surface area contributed by atoms with E-state index in [-0.39, 0.29) is 5.52 Å². The van der Waals surface area contributed by atoms with E-state index in [2.05, 4.69) is 20.5 Å². The van der Waals surface area contributed by atoms with E-state index < -0.39 is 24.1 Å². The Labute approximate surface area is 148 Å². The minimum atomic E-state index is -5.20. The summed E-state index contributed by atoms with van der Waals surface area (Å²) in [5.74, 6) is -3.03. The van der Waals surface area contributed by atoms with Crippen molar-refractivity contribution >= 4 is 45.4 Å². The van der Waals surface area contributed by atoms with E-state index >= 15 is 0 Å². The zero-order valence-corrected chi connectivity index (χ0v) is 13.8. The summed E-state index contributed by atoms with van der Waals surface area (Å²) in [6.45, 7) is 0. The molecule has 3 rings (SSSR count). The number of aromatic nitrogens is 2. The minimum Gasteiger partial charge on any atom is -0.398 e. The van der Waals surface area contributed by atoms with Gasteiger partial charge in [-0.15, -0.1) is 0 Å². The van der Waals surface area contributed by atoms with Crippen molar-refractivity contribution in [2.75, 3.05) is 12.5 Å². The van der Waals surface area contributed by atoms with E-state index in [9.17, 15) is 22.8 Å². The van der Waals surface area contributed by atoms with Crippen LogP contribution < -0.4 is 15.5 Å². The predicted molar refractivity (Wildman–Crippen MR) is 87.8 cm³/mol. The second-order valence-corrected chi connectivity index (χ2v) is 5.52. The number of hydrogen-bond acceptors (Lipinski definition) is 4. The number of amides is 2. The number of hydrogen-bond donors (Lipinski definition) is 2. The van der Waals surface area contributed by atoms with Crippen LogP contribution >= 0.6 is 11.6 Å². The van der Waals surface area contributed by atoms with Gasteiger partial charge in [0, 0.05) is 29.0 Å². The maximum atomic E-state index is 12.6. The lowest BCUT2D eigenvalue weighted by Gasteiger charge is -2.12. The third kappa shape index (κ3) is 3.10. The number of halogens is 4. The van der Waals surface area contributed by atoms with Crippen LogP contribution in [0.15, 0.2) is 30.5 Å². The number of ether oxygens (including phenoxy) is 1. The Morgan fingerprint density at radius 1 is 1.23 bits per heavy atom. The maximum absolute atomic E-state index is 12.6. The van der Waals surface area contributed by atoms with Crippen molar-refractivity contribution < 1.29 is 27.5 Å². The lowest BCUT2D eigenvalue weighted by Crippen LogP contribution is -2.32. The van der Waals surface area contributed by atoms with Gasteiger partial charge in [-0.1, -0.05) is 17.7 Å². The number of fused-ring (bicyclic) bond motifs is 3. The largest absolute Gasteiger partial charge is 0.491 e. The van der Waals surface area contributed by atoms with Crippen molar-refractivity contribution in [1.29, 1.82) is 0 Å². The van der Waals surface area contributed by atoms with Crippen LogP contribution in [0.5, 0.6) is 5.88 Å². The van der Waals surface area contributed by atoms with Crippen LogP contribution in [0, 0.1) is 0 Å². The third-order valence-corrected chi connectivity index (χ3v) is 3.70. The highest BCUT2D eigenvalue weighted by molar-refractivity contribution is 6.31. The fraction of sp³-hybridized carbons (Fsp3) is 0.133. The minimum absolute atomic E-state index is 0.0223. The molecule has 0 bridgehead atoms. The van der Waals surface area contributed by atoms with Gasteiger partial charge in [-0.25, -0.2) is 24.7 Å². The topological polar surface area (TPSA) is 85.2 Å². The molecule has 0 spiro atoms. The summed E-state index contributed by atoms with van der Waals surface area (Å²) < 4.78 is 43.2. The molecule has 0 fully saturated rings. The molecule has 2 aromatic heterocycles. The van der Waals surface area contributed by atoms with E-state index in [1.54, 1.807) is 12.1 Å². The van der Waals surface area contributed by atoms with Gasteiger partial charge in [-0.05, 0) is 18.2 Å². The Morgan fingerprint density at radius 2 is 1.96 bits per heavy atom. The molecule has 0 saturated carbocycles. The second kappa shape index (κ2) is 6.37. The number of benzene rings is 1. The van der Waals surface area contributed by atoms with Gasteiger partial charge in [-0.3, -0.25) is 0 Å². The summed E-state index contributed by atoms with van der Waals surface area (Å²) in [6, 6.07) is 5.56. The van der Waals surface area contributed by atoms with Gasteiger partial charge >= 0.3 is 18.2 Å². The zero-order chi connectivity index (χ0) is 19.1. The first-order chi connectivity index (χ1) is 12.2. The van der Waals surface area contributed by atoms with E-state index in [0.29, 0.717) is 21.3 Å². The third-order valence-electron chi connectivity index (χ3n) is 3.47. The second-order valence-electron chi connectivity index (χ2n) is 5.09. The summed E-state index contributed by atoms with van der Waals surface area (Å²) in [6.07, 6.45) is -4.00. The highest BCUT2D eigenvalue weighted by Gasteiger charge is 2.42. The van der Waals surface area contributed by atoms with Crippen molar-refractivity contribution in [3.05, 3.63) is 35.5 Å². The van der Waals surface area contributed by atoms with Gasteiger partial charge in [0.05, 0.1) is 5.52 Å². The van der Waals surface area contributed by atoms with Gasteiger partial charge in [0.25, 0.3) is 0 Å². The van der Waals surface area contributed by atoms with Crippen molar-refractivity contribution in [3.8, 4) is 5.88 Å². The Bertz CT molecular complexity index is 1030. The number of alkyl halides is 3. The molecule has 3 aromatic rings. The highest BCUT2D eigenvalue weighted by atomic mass is 35.5. The number of carbonyl (C=O) groups is 2. The number of pyridine rings is 1. The first kappa shape index (κ1) is 17.8. The molecule has 0 atom stereocenters. The van der Waals surface area contributed by atoms with Crippen molar-refractivity contribution in [3.63, 3.8) is 0 Å². The summed E-state index contributed by atoms with van der Waals surface area (Å²) in [7, 11) is 1.36. The average Bonchev–Trinajstić information content (AvgIpc) is 2.88. The van der Waals surface area contributed by atoms with Crippen LogP contribution in [-0.2, 0) is 4.79 Å². The van der Waals surface area contributed by atoms with Gasteiger partial charge in [0.15, 0.2) is 0 Å². The van der Waals surface area contributed by atoms with Gasteiger partial charge in [0.2, 0.25) is 5.88 Å². The Morgan fingerprint density at radius 3 is 2.62 bits per heavy atom. The first-order valence-electron chi connectivity index (χ1n) is 7.09. The fourth-order valence-corrected chi connectivity index (χ4v) is 2.57. The van der Waals surface area contributed by atoms with Crippen molar-refractivity contribution in [1.82, 2.24) is 15.0 Å². The van der Waals surface area contributed by atoms with Gasteiger partial charge < -0.3 is 10.1 Å². The van der Waals surface area contributed by atoms with Gasteiger partial charge in [-0.2, -0.15) is 13.2 Å². The molecular formula is C15H10ClF3N4O3. The number of urea groups is 1. The van der Waals surface area contributed by atoms with Crippen LogP contribution in [0.4, 0.5) is 18.0 Å². The monoisotopic (exact) mass is 386 g/mol. The molecular weight excluding hydrogens is 377 g/mol. The molecule has 2 heterocycles. The molecule has 0 unspecified atom stereocenters. The molecule has 1 aromatic carbocycles. The fourth-order valence-electron chi connectivity index (χ4n) is 2.40. The van der Waals surface area contributed by atoms with Crippen molar-refractivity contribution in [2.24, 2.45) is 0 Å². The molecule has 26 heavy (non-hydrogen) atoms. The number of carbonyl (C=O) groups excluding carboxylic acids is 2. The number of nitrogens with one attached hydrogen (secondary N) is 2. The van der Waals surface area contributed by atoms with Crippen molar-refractivity contribution in [2.45, 2.75) is 6.18 Å². The summed E-state index contributed by atoms with van der Waals surface area (Å²) >= 11 is 5.98. The van der Waals surface area contributed by atoms with Crippen LogP contribution in [-0.4, -0.2) is 34.9 Å². The number of nitrogens with zero attached hydrogens (tertiary/aromatic N) is 2. The van der Waals surface area contributed by atoms with E-state index in [1.165, 1.54) is 25.4 Å². The first-order valence-corrected chi connectivity index (χ1v) is 7.46. The van der Waals surface area contributed by atoms with Crippen LogP contribution in [0.3, 0.4) is 0 Å². The maximum Gasteiger partial charge on any atom is 0.491 e. The SMILES string of the molecule is CNC(=O)Nn1c2cc(Cl)ccc2c2ccnc(OC(=O)C(F)(F)F)c21. The number of rotatable bonds is 2. The lowest BCUT2D eigenvalue weighted by atomic mass is 10.2. The molecule has 2 N–H and O–H groups in total. The average molecular weight is 387 g/mol. The quantitative estimate of drug-likeness (QED) is 0.662. The predicted octanol–water partition coefficient (Wildman–Crippen LogP) is 3.19. The smallest absolute Gasteiger partial charge is 0.398 e. The molecule has 136 valence electrons. The number of esters is 1. The standard InChI is InChI=1S/C15H10ClF3N4O3/c1-20-14(25)22-23-10-6-7(16)2-3-8(10)9-4-5-21-12(11(9)23)26-13(24)15(17,18)19/h2-6H,1H3,(H2,20,22,25). The molecule has 11 heteroatoms. The Balaban J connectivity index is 2.29. The molecule has 0 aliphatic heterocycles. The summed E-state index contributed by atoms with van der Waals surface area (Å²) in [4.78, 5) is 26.7. The normalized spacial score (nSPS) is 11.6. The van der Waals surface area contributed by atoms with Gasteiger partial charge in [0.1, 0.15) is 5.52 Å². The Hall–Kier alpha value is -3.01. The highest BCUT2D eigenvalue weighted by Crippen LogP contribution is 2.34. The Kier molecular flexibility index (Phi) is 4.36. The zero-order valence-electron chi connectivity index (χ0n) is 13.0. The molecule has 0 aliphatic rings. The van der Waals surface area contributed by atoms with E-state index in [0.717, 1.165) is 4.68 Å². The van der Waals surface area contributed by atoms with Crippen LogP contribution in [0.2, 0.25) is 5.02 Å². The molecule has 0 saturated heterocycles. The molecule has 7 nitrogen and oxygen atoms in total. The molecule has 2 amide bonds. The van der Waals surface area contributed by atoms with E-state index in [4.69, 9.17) is 11.6 Å². The summed E-state index contributed by atoms with van der Waals surface area (Å²) in [5.41, 5.74) is 2.79. The lowest BCUT2D eigenvalue weighted by molar-refractivity contribution is -0.189. The summed E-state index contributed by atoms with van der Waals surface area (Å²) in [5, 5.41) is 3.63. The van der Waals surface area contributed by atoms with E-state index in [1.807, 2.05) is 0 Å². The van der Waals surface area contributed by atoms with Crippen LogP contribution in [0.1, 0.15) is 0 Å². The van der Waals surface area contributed by atoms with Crippen LogP contribution in [0.25, 0.3) is 21.8 Å². The molecule has 0 radical (unpaired) electrons. The molecule has 0 aliphatic carbocycles.